The molecule has 10 heteroatoms. The molecule has 0 bridgehead atoms. The highest BCUT2D eigenvalue weighted by Crippen LogP contribution is 2.14. The predicted octanol–water partition coefficient (Wildman–Crippen LogP) is 2.30. The third kappa shape index (κ3) is 8.46. The smallest absolute Gasteiger partial charge is 0.236 e. The fourth-order valence-corrected chi connectivity index (χ4v) is 5.00. The van der Waals surface area contributed by atoms with Crippen LogP contribution in [0.4, 0.5) is 8.78 Å². The van der Waals surface area contributed by atoms with E-state index in [0.717, 1.165) is 21.6 Å². The van der Waals surface area contributed by atoms with Crippen LogP contribution in [-0.4, -0.2) is 78.1 Å². The van der Waals surface area contributed by atoms with Gasteiger partial charge >= 0.3 is 0 Å². The summed E-state index contributed by atoms with van der Waals surface area (Å²) in [5, 5.41) is 16.9. The summed E-state index contributed by atoms with van der Waals surface area (Å²) >= 11 is 2.23. The highest BCUT2D eigenvalue weighted by molar-refractivity contribution is 14.1. The summed E-state index contributed by atoms with van der Waals surface area (Å²) in [5.74, 6) is -1.85. The van der Waals surface area contributed by atoms with Crippen LogP contribution < -0.4 is 10.6 Å². The molecule has 0 aromatic heterocycles. The van der Waals surface area contributed by atoms with Gasteiger partial charge in [0.05, 0.1) is 25.2 Å². The van der Waals surface area contributed by atoms with E-state index in [1.165, 1.54) is 12.1 Å². The quantitative estimate of drug-likeness (QED) is 0.339. The number of carbonyl (C=O) groups is 2. The lowest BCUT2D eigenvalue weighted by atomic mass is 10.0. The van der Waals surface area contributed by atoms with Crippen molar-refractivity contribution in [3.8, 4) is 0 Å². The minimum Gasteiger partial charge on any atom is -0.390 e. The van der Waals surface area contributed by atoms with E-state index < -0.39 is 23.8 Å². The molecule has 0 aliphatic carbocycles. The van der Waals surface area contributed by atoms with E-state index in [4.69, 9.17) is 0 Å². The Morgan fingerprint density at radius 3 is 2.58 bits per heavy atom. The molecular weight excluding hydrogens is 581 g/mol. The molecule has 2 aromatic carbocycles. The van der Waals surface area contributed by atoms with Gasteiger partial charge < -0.3 is 20.6 Å². The van der Waals surface area contributed by atoms with E-state index in [1.807, 2.05) is 31.2 Å². The largest absolute Gasteiger partial charge is 0.390 e. The highest BCUT2D eigenvalue weighted by atomic mass is 127. The van der Waals surface area contributed by atoms with E-state index in [1.54, 1.807) is 16.8 Å². The van der Waals surface area contributed by atoms with Crippen LogP contribution in [0.2, 0.25) is 0 Å². The summed E-state index contributed by atoms with van der Waals surface area (Å²) in [6.07, 6.45) is -0.189. The summed E-state index contributed by atoms with van der Waals surface area (Å²) in [6.45, 7) is 3.38. The number of piperazine rings is 1. The number of nitrogens with zero attached hydrogens (tertiary/aromatic N) is 2. The minimum atomic E-state index is -1.01. The standard InChI is InChI=1S/C26H33F2IN4O3/c1-3-22-14-33(16-26(36)32(22)2)15-25(35)31-23(10-18-7-19(27)11-20(28)8-18)24(34)13-30-12-17-5-4-6-21(29)9-17/h4-9,11,22-24,30,34H,3,10,12-16H2,1-2H3,(H,31,35)/t22-,23-,24-/m0/s1. The Bertz CT molecular complexity index is 1040. The van der Waals surface area contributed by atoms with E-state index in [9.17, 15) is 23.5 Å². The Morgan fingerprint density at radius 1 is 1.19 bits per heavy atom. The molecule has 1 aliphatic rings. The van der Waals surface area contributed by atoms with Crippen molar-refractivity contribution in [2.24, 2.45) is 0 Å². The second-order valence-corrected chi connectivity index (χ2v) is 10.5. The number of aliphatic hydroxyl groups excluding tert-OH is 1. The molecule has 36 heavy (non-hydrogen) atoms. The lowest BCUT2D eigenvalue weighted by molar-refractivity contribution is -0.139. The van der Waals surface area contributed by atoms with E-state index in [-0.39, 0.29) is 43.9 Å². The van der Waals surface area contributed by atoms with Crippen LogP contribution in [0.1, 0.15) is 24.5 Å². The Hall–Kier alpha value is -2.15. The van der Waals surface area contributed by atoms with Gasteiger partial charge in [-0.1, -0.05) is 19.1 Å². The first-order valence-corrected chi connectivity index (χ1v) is 13.1. The third-order valence-electron chi connectivity index (χ3n) is 6.37. The Morgan fingerprint density at radius 2 is 1.92 bits per heavy atom. The Kier molecular flexibility index (Phi) is 10.6. The van der Waals surface area contributed by atoms with Crippen LogP contribution in [0.15, 0.2) is 42.5 Å². The number of benzene rings is 2. The number of hydrogen-bond donors (Lipinski definition) is 3. The first-order valence-electron chi connectivity index (χ1n) is 12.0. The molecule has 1 saturated heterocycles. The summed E-state index contributed by atoms with van der Waals surface area (Å²) in [6, 6.07) is 10.3. The molecule has 0 unspecified atom stereocenters. The maximum atomic E-state index is 13.8. The van der Waals surface area contributed by atoms with Gasteiger partial charge in [-0.05, 0) is 70.8 Å². The van der Waals surface area contributed by atoms with Crippen LogP contribution in [-0.2, 0) is 22.6 Å². The molecule has 1 aliphatic heterocycles. The number of aliphatic hydroxyl groups is 1. The first kappa shape index (κ1) is 28.4. The molecule has 1 heterocycles. The zero-order valence-electron chi connectivity index (χ0n) is 20.5. The predicted molar refractivity (Wildman–Crippen MR) is 142 cm³/mol. The number of amides is 2. The van der Waals surface area contributed by atoms with Crippen LogP contribution in [0.3, 0.4) is 0 Å². The molecule has 3 rings (SSSR count). The number of carbonyl (C=O) groups excluding carboxylic acids is 2. The lowest BCUT2D eigenvalue weighted by Gasteiger charge is -2.38. The van der Waals surface area contributed by atoms with Crippen molar-refractivity contribution in [1.29, 1.82) is 0 Å². The van der Waals surface area contributed by atoms with Crippen LogP contribution in [0, 0.1) is 15.2 Å². The van der Waals surface area contributed by atoms with Crippen LogP contribution in [0.25, 0.3) is 0 Å². The minimum absolute atomic E-state index is 0.00725. The molecule has 0 spiro atoms. The summed E-state index contributed by atoms with van der Waals surface area (Å²) in [4.78, 5) is 28.7. The van der Waals surface area contributed by atoms with Crippen molar-refractivity contribution in [1.82, 2.24) is 20.4 Å². The fraction of sp³-hybridized carbons (Fsp3) is 0.462. The number of hydrogen-bond acceptors (Lipinski definition) is 5. The normalized spacial score (nSPS) is 18.2. The number of nitrogens with one attached hydrogen (secondary N) is 2. The number of rotatable bonds is 11. The molecule has 7 nitrogen and oxygen atoms in total. The van der Waals surface area contributed by atoms with Gasteiger partial charge in [-0.15, -0.1) is 0 Å². The van der Waals surface area contributed by atoms with Crippen molar-refractivity contribution >= 4 is 34.4 Å². The Labute approximate surface area is 224 Å². The van der Waals surface area contributed by atoms with Gasteiger partial charge in [-0.3, -0.25) is 14.5 Å². The first-order chi connectivity index (χ1) is 17.1. The monoisotopic (exact) mass is 614 g/mol. The van der Waals surface area contributed by atoms with Crippen molar-refractivity contribution in [3.05, 3.63) is 68.8 Å². The van der Waals surface area contributed by atoms with Crippen molar-refractivity contribution < 1.29 is 23.5 Å². The van der Waals surface area contributed by atoms with Gasteiger partial charge in [-0.25, -0.2) is 8.78 Å². The average molecular weight is 614 g/mol. The van der Waals surface area contributed by atoms with Crippen molar-refractivity contribution in [2.75, 3.05) is 33.2 Å². The molecular formula is C26H33F2IN4O3. The maximum Gasteiger partial charge on any atom is 0.236 e. The molecule has 3 N–H and O–H groups in total. The fourth-order valence-electron chi connectivity index (χ4n) is 4.39. The van der Waals surface area contributed by atoms with Crippen LogP contribution >= 0.6 is 22.6 Å². The van der Waals surface area contributed by atoms with Gasteiger partial charge in [0, 0.05) is 42.4 Å². The Balaban J connectivity index is 1.65. The maximum absolute atomic E-state index is 13.8. The van der Waals surface area contributed by atoms with E-state index in [2.05, 4.69) is 33.2 Å². The van der Waals surface area contributed by atoms with Gasteiger partial charge in [-0.2, -0.15) is 0 Å². The molecule has 0 saturated carbocycles. The van der Waals surface area contributed by atoms with Crippen LogP contribution in [0.5, 0.6) is 0 Å². The van der Waals surface area contributed by atoms with E-state index in [0.29, 0.717) is 18.7 Å². The molecule has 3 atom stereocenters. The molecule has 2 aromatic rings. The number of likely N-dealkylation sites (N-methyl/N-ethyl adjacent to an activating group) is 1. The summed E-state index contributed by atoms with van der Waals surface area (Å²) in [7, 11) is 1.77. The number of halogens is 3. The molecule has 2 amide bonds. The van der Waals surface area contributed by atoms with E-state index >= 15 is 0 Å². The zero-order chi connectivity index (χ0) is 26.2. The van der Waals surface area contributed by atoms with Crippen molar-refractivity contribution in [2.45, 2.75) is 44.5 Å². The van der Waals surface area contributed by atoms with Gasteiger partial charge in [0.25, 0.3) is 0 Å². The zero-order valence-corrected chi connectivity index (χ0v) is 22.7. The van der Waals surface area contributed by atoms with Gasteiger partial charge in [0.1, 0.15) is 11.6 Å². The average Bonchev–Trinajstić information content (AvgIpc) is 2.80. The lowest BCUT2D eigenvalue weighted by Crippen LogP contribution is -2.57. The van der Waals surface area contributed by atoms with Crippen molar-refractivity contribution in [3.63, 3.8) is 0 Å². The third-order valence-corrected chi connectivity index (χ3v) is 7.04. The molecule has 196 valence electrons. The second kappa shape index (κ2) is 13.4. The van der Waals surface area contributed by atoms with Gasteiger partial charge in [0.2, 0.25) is 11.8 Å². The molecule has 1 fully saturated rings. The SMILES string of the molecule is CC[C@H]1CN(CC(=O)N[C@@H](Cc2cc(F)cc(F)c2)[C@@H](O)CNCc2cccc(I)c2)CC(=O)N1C. The topological polar surface area (TPSA) is 84.9 Å². The molecule has 0 radical (unpaired) electrons. The highest BCUT2D eigenvalue weighted by Gasteiger charge is 2.30. The second-order valence-electron chi connectivity index (χ2n) is 9.22. The van der Waals surface area contributed by atoms with Gasteiger partial charge in [0.15, 0.2) is 0 Å². The summed E-state index contributed by atoms with van der Waals surface area (Å²) < 4.78 is 28.6. The summed E-state index contributed by atoms with van der Waals surface area (Å²) in [5.41, 5.74) is 1.38.